The third kappa shape index (κ3) is 1.10. The van der Waals surface area contributed by atoms with Crippen molar-refractivity contribution in [3.05, 3.63) is 30.2 Å². The summed E-state index contributed by atoms with van der Waals surface area (Å²) in [6.45, 7) is 0. The predicted molar refractivity (Wildman–Crippen MR) is 41.3 cm³/mol. The van der Waals surface area contributed by atoms with Crippen LogP contribution in [0.4, 0.5) is 5.69 Å². The fraction of sp³-hybridized carbons (Fsp3) is 0. The molecule has 0 fully saturated rings. The number of allylic oxidation sites excluding steroid dienone is 2. The average Bonchev–Trinajstić information content (AvgIpc) is 2.35. The third-order valence-corrected chi connectivity index (χ3v) is 1.34. The van der Waals surface area contributed by atoms with Gasteiger partial charge in [0.05, 0.1) is 11.9 Å². The van der Waals surface area contributed by atoms with E-state index in [1.54, 1.807) is 12.4 Å². The average molecular weight is 146 g/mol. The second-order valence-electron chi connectivity index (χ2n) is 2.09. The first-order valence-electron chi connectivity index (χ1n) is 3.24. The highest BCUT2D eigenvalue weighted by atomic mass is 15.2. The number of hydrogen-bond acceptors (Lipinski definition) is 3. The predicted octanol–water partition coefficient (Wildman–Crippen LogP) is 2.03. The lowest BCUT2D eigenvalue weighted by Gasteiger charge is -1.89. The molecule has 1 aromatic rings. The summed E-state index contributed by atoms with van der Waals surface area (Å²) in [4.78, 5) is 0. The molecule has 1 aliphatic rings. The molecular formula is C7H6N4. The maximum Gasteiger partial charge on any atom is 0.131 e. The van der Waals surface area contributed by atoms with Crippen LogP contribution in [-0.2, 0) is 0 Å². The molecule has 1 aromatic heterocycles. The Kier molecular flexibility index (Phi) is 1.37. The maximum atomic E-state index is 3.90. The molecule has 0 spiro atoms. The number of aromatic nitrogens is 2. The van der Waals surface area contributed by atoms with Crippen LogP contribution in [0.1, 0.15) is 5.69 Å². The van der Waals surface area contributed by atoms with Crippen molar-refractivity contribution < 1.29 is 0 Å². The van der Waals surface area contributed by atoms with E-state index >= 15 is 0 Å². The molecule has 1 aliphatic heterocycles. The van der Waals surface area contributed by atoms with Gasteiger partial charge in [-0.1, -0.05) is 6.08 Å². The molecule has 0 aliphatic carbocycles. The van der Waals surface area contributed by atoms with Gasteiger partial charge in [-0.15, -0.1) is 5.11 Å². The summed E-state index contributed by atoms with van der Waals surface area (Å²) >= 11 is 0. The number of nitrogens with one attached hydrogen (secondary N) is 1. The topological polar surface area (TPSA) is 53.4 Å². The van der Waals surface area contributed by atoms with Crippen LogP contribution in [0.15, 0.2) is 34.8 Å². The number of aromatic amines is 1. The Morgan fingerprint density at radius 2 is 2.27 bits per heavy atom. The molecule has 2 heterocycles. The van der Waals surface area contributed by atoms with Crippen molar-refractivity contribution in [3.8, 4) is 0 Å². The van der Waals surface area contributed by atoms with E-state index in [-0.39, 0.29) is 0 Å². The molecule has 11 heavy (non-hydrogen) atoms. The Hall–Kier alpha value is -1.71. The van der Waals surface area contributed by atoms with Crippen LogP contribution in [-0.4, -0.2) is 10.2 Å². The summed E-state index contributed by atoms with van der Waals surface area (Å²) in [7, 11) is 0. The molecule has 1 N–H and O–H groups in total. The number of hydrogen-bond donors (Lipinski definition) is 1. The number of fused-ring (bicyclic) bond motifs is 1. The summed E-state index contributed by atoms with van der Waals surface area (Å²) in [5, 5.41) is 14.3. The van der Waals surface area contributed by atoms with E-state index in [1.165, 1.54) is 0 Å². The Labute approximate surface area is 63.4 Å². The highest BCUT2D eigenvalue weighted by molar-refractivity contribution is 5.60. The smallest absolute Gasteiger partial charge is 0.131 e. The molecule has 4 heteroatoms. The Bertz CT molecular complexity index is 301. The van der Waals surface area contributed by atoms with Gasteiger partial charge in [0.2, 0.25) is 0 Å². The summed E-state index contributed by atoms with van der Waals surface area (Å²) < 4.78 is 0. The van der Waals surface area contributed by atoms with Crippen LogP contribution in [0, 0.1) is 0 Å². The van der Waals surface area contributed by atoms with Crippen LogP contribution in [0.2, 0.25) is 0 Å². The monoisotopic (exact) mass is 146 g/mol. The van der Waals surface area contributed by atoms with Crippen molar-refractivity contribution in [2.45, 2.75) is 0 Å². The van der Waals surface area contributed by atoms with E-state index in [2.05, 4.69) is 20.4 Å². The molecule has 0 atom stereocenters. The zero-order valence-corrected chi connectivity index (χ0v) is 5.73. The molecule has 0 unspecified atom stereocenters. The molecule has 54 valence electrons. The number of nitrogens with zero attached hydrogens (tertiary/aromatic N) is 3. The van der Waals surface area contributed by atoms with E-state index in [9.17, 15) is 0 Å². The summed E-state index contributed by atoms with van der Waals surface area (Å²) in [5.41, 5.74) is 1.66. The van der Waals surface area contributed by atoms with Gasteiger partial charge in [-0.05, 0) is 12.2 Å². The highest BCUT2D eigenvalue weighted by Gasteiger charge is 1.99. The van der Waals surface area contributed by atoms with Crippen molar-refractivity contribution >= 4 is 11.8 Å². The highest BCUT2D eigenvalue weighted by Crippen LogP contribution is 2.18. The summed E-state index contributed by atoms with van der Waals surface area (Å²) in [6, 6.07) is 0. The van der Waals surface area contributed by atoms with E-state index in [4.69, 9.17) is 0 Å². The number of rotatable bonds is 0. The Balaban J connectivity index is 2.52. The van der Waals surface area contributed by atoms with E-state index in [0.717, 1.165) is 11.4 Å². The van der Waals surface area contributed by atoms with Crippen molar-refractivity contribution in [2.24, 2.45) is 10.2 Å². The van der Waals surface area contributed by atoms with Crippen LogP contribution >= 0.6 is 0 Å². The summed E-state index contributed by atoms with van der Waals surface area (Å²) in [6.07, 6.45) is 8.87. The lowest BCUT2D eigenvalue weighted by molar-refractivity contribution is 1.08. The van der Waals surface area contributed by atoms with Gasteiger partial charge in [0.15, 0.2) is 0 Å². The van der Waals surface area contributed by atoms with E-state index in [1.807, 2.05) is 18.2 Å². The maximum absolute atomic E-state index is 3.90. The standard InChI is InChI=1S/C7H6N4/c1-2-4-8-11-7-5-9-10-6(7)3-1/h1-5H,(H,9,10). The first kappa shape index (κ1) is 6.03. The van der Waals surface area contributed by atoms with Crippen molar-refractivity contribution in [1.29, 1.82) is 0 Å². The van der Waals surface area contributed by atoms with E-state index < -0.39 is 0 Å². The zero-order chi connectivity index (χ0) is 7.52. The first-order valence-corrected chi connectivity index (χ1v) is 3.24. The van der Waals surface area contributed by atoms with Crippen LogP contribution < -0.4 is 0 Å². The van der Waals surface area contributed by atoms with E-state index in [0.29, 0.717) is 0 Å². The molecule has 0 saturated heterocycles. The first-order chi connectivity index (χ1) is 5.47. The van der Waals surface area contributed by atoms with Gasteiger partial charge in [0.25, 0.3) is 0 Å². The number of H-pyrrole nitrogens is 1. The fourth-order valence-electron chi connectivity index (χ4n) is 0.828. The van der Waals surface area contributed by atoms with Crippen LogP contribution in [0.3, 0.4) is 0 Å². The zero-order valence-electron chi connectivity index (χ0n) is 5.73. The molecule has 0 aromatic carbocycles. The quantitative estimate of drug-likeness (QED) is 0.598. The molecule has 0 bridgehead atoms. The molecule has 0 amide bonds. The van der Waals surface area contributed by atoms with Crippen molar-refractivity contribution in [1.82, 2.24) is 10.2 Å². The second-order valence-corrected chi connectivity index (χ2v) is 2.09. The lowest BCUT2D eigenvalue weighted by atomic mass is 10.3. The van der Waals surface area contributed by atoms with Gasteiger partial charge < -0.3 is 0 Å². The van der Waals surface area contributed by atoms with Crippen molar-refractivity contribution in [2.75, 3.05) is 0 Å². The summed E-state index contributed by atoms with van der Waals surface area (Å²) in [5.74, 6) is 0. The van der Waals surface area contributed by atoms with Gasteiger partial charge >= 0.3 is 0 Å². The van der Waals surface area contributed by atoms with Gasteiger partial charge in [0, 0.05) is 6.20 Å². The lowest BCUT2D eigenvalue weighted by Crippen LogP contribution is -1.71. The van der Waals surface area contributed by atoms with Crippen LogP contribution in [0.5, 0.6) is 0 Å². The molecule has 4 nitrogen and oxygen atoms in total. The van der Waals surface area contributed by atoms with Gasteiger partial charge in [-0.25, -0.2) is 0 Å². The van der Waals surface area contributed by atoms with Crippen molar-refractivity contribution in [3.63, 3.8) is 0 Å². The molecular weight excluding hydrogens is 140 g/mol. The largest absolute Gasteiger partial charge is 0.276 e. The van der Waals surface area contributed by atoms with Gasteiger partial charge in [0.1, 0.15) is 5.69 Å². The number of azo groups is 1. The minimum atomic E-state index is 0.769. The minimum absolute atomic E-state index is 0.769. The Morgan fingerprint density at radius 1 is 1.27 bits per heavy atom. The molecule has 2 rings (SSSR count). The fourth-order valence-corrected chi connectivity index (χ4v) is 0.828. The van der Waals surface area contributed by atoms with Crippen LogP contribution in [0.25, 0.3) is 6.08 Å². The minimum Gasteiger partial charge on any atom is -0.276 e. The Morgan fingerprint density at radius 3 is 3.27 bits per heavy atom. The molecule has 0 saturated carbocycles. The van der Waals surface area contributed by atoms with Gasteiger partial charge in [-0.3, -0.25) is 5.10 Å². The third-order valence-electron chi connectivity index (χ3n) is 1.34. The van der Waals surface area contributed by atoms with Gasteiger partial charge in [-0.2, -0.15) is 10.2 Å². The molecule has 0 radical (unpaired) electrons. The normalized spacial score (nSPS) is 14.2. The second kappa shape index (κ2) is 2.49. The SMILES string of the molecule is C1=CN=Nc2cn[nH]c2C=C1.